The zero-order chi connectivity index (χ0) is 17.1. The van der Waals surface area contributed by atoms with Crippen LogP contribution in [0.2, 0.25) is 0 Å². The van der Waals surface area contributed by atoms with Gasteiger partial charge in [-0.05, 0) is 37.7 Å². The number of rotatable bonds is 0. The molecule has 5 nitrogen and oxygen atoms in total. The van der Waals surface area contributed by atoms with E-state index in [0.717, 1.165) is 42.5 Å². The molecule has 2 N–H and O–H groups in total. The van der Waals surface area contributed by atoms with E-state index < -0.39 is 5.54 Å². The van der Waals surface area contributed by atoms with Crippen molar-refractivity contribution in [3.63, 3.8) is 0 Å². The maximum atomic E-state index is 13.1. The third kappa shape index (κ3) is 2.08. The molecule has 1 aromatic carbocycles. The van der Waals surface area contributed by atoms with E-state index in [1.165, 1.54) is 4.90 Å². The molecular weight excluding hydrogens is 301 g/mol. The highest BCUT2D eigenvalue weighted by molar-refractivity contribution is 6.32. The van der Waals surface area contributed by atoms with Crippen molar-refractivity contribution < 1.29 is 9.53 Å². The minimum atomic E-state index is -0.918. The second-order valence-corrected chi connectivity index (χ2v) is 7.84. The minimum Gasteiger partial charge on any atom is -0.487 e. The summed E-state index contributed by atoms with van der Waals surface area (Å²) in [7, 11) is 3.73. The number of guanidine groups is 1. The van der Waals surface area contributed by atoms with Crippen molar-refractivity contribution in [1.82, 2.24) is 4.90 Å². The molecule has 126 valence electrons. The van der Waals surface area contributed by atoms with E-state index in [9.17, 15) is 4.79 Å². The molecule has 2 heterocycles. The molecule has 0 aromatic heterocycles. The molecule has 1 amide bonds. The van der Waals surface area contributed by atoms with E-state index in [-0.39, 0.29) is 11.5 Å². The molecule has 3 aliphatic rings. The first-order chi connectivity index (χ1) is 11.4. The Morgan fingerprint density at radius 3 is 2.71 bits per heavy atom. The fraction of sp³-hybridized carbons (Fsp3) is 0.556. The Hall–Kier alpha value is -1.98. The van der Waals surface area contributed by atoms with E-state index in [2.05, 4.69) is 11.9 Å². The van der Waals surface area contributed by atoms with Crippen molar-refractivity contribution >= 4 is 25.2 Å². The average molecular weight is 325 g/mol. The van der Waals surface area contributed by atoms with Crippen LogP contribution >= 0.6 is 0 Å². The van der Waals surface area contributed by atoms with E-state index in [1.807, 2.05) is 26.0 Å². The summed E-state index contributed by atoms with van der Waals surface area (Å²) in [5.41, 5.74) is 6.76. The van der Waals surface area contributed by atoms with E-state index >= 15 is 0 Å². The lowest BCUT2D eigenvalue weighted by Gasteiger charge is -2.48. The Balaban J connectivity index is 1.87. The van der Waals surface area contributed by atoms with Gasteiger partial charge >= 0.3 is 0 Å². The molecule has 1 unspecified atom stereocenters. The van der Waals surface area contributed by atoms with Crippen LogP contribution in [0.25, 0.3) is 0 Å². The molecule has 1 aromatic rings. The lowest BCUT2D eigenvalue weighted by molar-refractivity contribution is -0.135. The Labute approximate surface area is 143 Å². The van der Waals surface area contributed by atoms with Crippen LogP contribution in [-0.2, 0) is 10.3 Å². The first-order valence-corrected chi connectivity index (χ1v) is 8.79. The summed E-state index contributed by atoms with van der Waals surface area (Å²) in [5, 5.41) is 0. The number of carbonyl (C=O) groups excluding carboxylic acids is 1. The third-order valence-electron chi connectivity index (χ3n) is 5.98. The Bertz CT molecular complexity index is 740. The van der Waals surface area contributed by atoms with Crippen LogP contribution in [0.1, 0.15) is 44.6 Å². The van der Waals surface area contributed by atoms with Crippen LogP contribution < -0.4 is 15.9 Å². The molecule has 1 fully saturated rings. The summed E-state index contributed by atoms with van der Waals surface area (Å²) in [6.45, 7) is 2.29. The number of hydrogen-bond acceptors (Lipinski definition) is 4. The Kier molecular flexibility index (Phi) is 3.24. The molecule has 1 saturated carbocycles. The number of fused-ring (bicyclic) bond motifs is 2. The maximum Gasteiger partial charge on any atom is 0.261 e. The van der Waals surface area contributed by atoms with Gasteiger partial charge in [-0.25, -0.2) is 4.99 Å². The number of aliphatic imine (C=N–C) groups is 1. The van der Waals surface area contributed by atoms with Crippen LogP contribution in [0.15, 0.2) is 23.2 Å². The van der Waals surface area contributed by atoms with Gasteiger partial charge in [0.25, 0.3) is 5.91 Å². The molecule has 4 rings (SSSR count). The highest BCUT2D eigenvalue weighted by Gasteiger charge is 2.58. The first kappa shape index (κ1) is 15.5. The molecule has 24 heavy (non-hydrogen) atoms. The van der Waals surface area contributed by atoms with Crippen molar-refractivity contribution in [1.29, 1.82) is 0 Å². The van der Waals surface area contributed by atoms with Gasteiger partial charge in [-0.2, -0.15) is 0 Å². The van der Waals surface area contributed by atoms with Crippen molar-refractivity contribution in [3.05, 3.63) is 23.8 Å². The SMILES string of the molecule is Bc1ccc2c(c1)C1(CC3(CCC(C)CC3)O2)N=C(N)N(C)C1=O. The molecule has 1 atom stereocenters. The lowest BCUT2D eigenvalue weighted by atomic mass is 9.68. The monoisotopic (exact) mass is 325 g/mol. The maximum absolute atomic E-state index is 13.1. The van der Waals surface area contributed by atoms with E-state index in [4.69, 9.17) is 10.5 Å². The molecule has 6 heteroatoms. The fourth-order valence-electron chi connectivity index (χ4n) is 4.44. The van der Waals surface area contributed by atoms with Crippen LogP contribution in [0, 0.1) is 5.92 Å². The molecule has 0 bridgehead atoms. The largest absolute Gasteiger partial charge is 0.487 e. The molecule has 2 spiro atoms. The topological polar surface area (TPSA) is 67.9 Å². The van der Waals surface area contributed by atoms with Gasteiger partial charge in [-0.15, -0.1) is 0 Å². The van der Waals surface area contributed by atoms with Crippen LogP contribution in [0.3, 0.4) is 0 Å². The van der Waals surface area contributed by atoms with Gasteiger partial charge in [0.05, 0.1) is 0 Å². The highest BCUT2D eigenvalue weighted by Crippen LogP contribution is 2.53. The average Bonchev–Trinajstić information content (AvgIpc) is 2.76. The smallest absolute Gasteiger partial charge is 0.261 e. The van der Waals surface area contributed by atoms with Crippen molar-refractivity contribution in [2.45, 2.75) is 50.2 Å². The van der Waals surface area contributed by atoms with E-state index in [0.29, 0.717) is 18.3 Å². The molecule has 0 saturated heterocycles. The Morgan fingerprint density at radius 1 is 1.38 bits per heavy atom. The zero-order valence-corrected chi connectivity index (χ0v) is 14.6. The fourth-order valence-corrected chi connectivity index (χ4v) is 4.44. The third-order valence-corrected chi connectivity index (χ3v) is 5.98. The minimum absolute atomic E-state index is 0.0341. The zero-order valence-electron chi connectivity index (χ0n) is 14.6. The summed E-state index contributed by atoms with van der Waals surface area (Å²) in [6, 6.07) is 6.05. The number of nitrogens with two attached hydrogens (primary N) is 1. The number of ether oxygens (including phenoxy) is 1. The summed E-state index contributed by atoms with van der Waals surface area (Å²) < 4.78 is 6.49. The number of nitrogens with zero attached hydrogens (tertiary/aromatic N) is 2. The number of hydrogen-bond donors (Lipinski definition) is 1. The molecule has 1 aliphatic carbocycles. The number of carbonyl (C=O) groups is 1. The van der Waals surface area contributed by atoms with Gasteiger partial charge in [0.2, 0.25) is 0 Å². The van der Waals surface area contributed by atoms with E-state index in [1.54, 1.807) is 7.05 Å². The van der Waals surface area contributed by atoms with Gasteiger partial charge < -0.3 is 10.5 Å². The second kappa shape index (κ2) is 5.01. The predicted molar refractivity (Wildman–Crippen MR) is 96.3 cm³/mol. The van der Waals surface area contributed by atoms with Crippen molar-refractivity contribution in [2.24, 2.45) is 16.6 Å². The Morgan fingerprint density at radius 2 is 2.08 bits per heavy atom. The lowest BCUT2D eigenvalue weighted by Crippen LogP contribution is -2.53. The number of benzene rings is 1. The summed E-state index contributed by atoms with van der Waals surface area (Å²) >= 11 is 0. The molecule has 2 aliphatic heterocycles. The first-order valence-electron chi connectivity index (χ1n) is 8.79. The molecule has 0 radical (unpaired) electrons. The van der Waals surface area contributed by atoms with Gasteiger partial charge in [0.15, 0.2) is 11.5 Å². The van der Waals surface area contributed by atoms with Crippen LogP contribution in [0.5, 0.6) is 5.75 Å². The predicted octanol–water partition coefficient (Wildman–Crippen LogP) is 0.658. The van der Waals surface area contributed by atoms with Gasteiger partial charge in [-0.3, -0.25) is 9.69 Å². The summed E-state index contributed by atoms with van der Waals surface area (Å²) in [4.78, 5) is 19.3. The number of amides is 1. The van der Waals surface area contributed by atoms with Crippen molar-refractivity contribution in [2.75, 3.05) is 7.05 Å². The van der Waals surface area contributed by atoms with Crippen molar-refractivity contribution in [3.8, 4) is 5.75 Å². The second-order valence-electron chi connectivity index (χ2n) is 7.84. The number of likely N-dealkylation sites (N-methyl/N-ethyl adjacent to an activating group) is 1. The summed E-state index contributed by atoms with van der Waals surface area (Å²) in [6.07, 6.45) is 4.78. The van der Waals surface area contributed by atoms with Crippen LogP contribution in [0.4, 0.5) is 0 Å². The van der Waals surface area contributed by atoms with Gasteiger partial charge in [0, 0.05) is 19.0 Å². The normalized spacial score (nSPS) is 35.1. The van der Waals surface area contributed by atoms with Gasteiger partial charge in [0.1, 0.15) is 19.2 Å². The summed E-state index contributed by atoms with van der Waals surface area (Å²) in [5.74, 6) is 1.77. The standard InChI is InChI=1S/C18H24BN3O2/c1-11-5-7-17(8-6-11)10-18(15(23)22(2)16(20)21-18)13-9-12(19)3-4-14(13)24-17/h3-4,9,11H,5-8,10,19H2,1-2H3,(H2,20,21). The van der Waals surface area contributed by atoms with Gasteiger partial charge in [-0.1, -0.05) is 24.5 Å². The highest BCUT2D eigenvalue weighted by atomic mass is 16.5. The quantitative estimate of drug-likeness (QED) is 0.713. The molecular formula is C18H24BN3O2. The van der Waals surface area contributed by atoms with Crippen LogP contribution in [-0.4, -0.2) is 37.3 Å².